The van der Waals surface area contributed by atoms with Crippen LogP contribution in [-0.4, -0.2) is 60.1 Å². The maximum absolute atomic E-state index is 11.1. The summed E-state index contributed by atoms with van der Waals surface area (Å²) in [5.41, 5.74) is 0. The number of nitrogens with zero attached hydrogens (tertiary/aromatic N) is 2. The van der Waals surface area contributed by atoms with E-state index in [1.165, 1.54) is 6.42 Å². The minimum atomic E-state index is -0.601. The topological polar surface area (TPSA) is 43.8 Å². The number of likely N-dealkylation sites (N-methyl/N-ethyl adjacent to an activating group) is 1. The van der Waals surface area contributed by atoms with Crippen LogP contribution in [-0.2, 0) is 4.79 Å². The van der Waals surface area contributed by atoms with Crippen LogP contribution in [0.4, 0.5) is 0 Å². The Labute approximate surface area is 97.2 Å². The minimum absolute atomic E-state index is 0.124. The molecule has 3 atom stereocenters. The number of hydrogen-bond acceptors (Lipinski definition) is 3. The molecule has 92 valence electrons. The zero-order valence-electron chi connectivity index (χ0n) is 10.2. The smallest absolute Gasteiger partial charge is 0.308 e. The summed E-state index contributed by atoms with van der Waals surface area (Å²) in [6, 6.07) is 0.900. The van der Waals surface area contributed by atoms with Gasteiger partial charge in [0.25, 0.3) is 0 Å². The van der Waals surface area contributed by atoms with Crippen molar-refractivity contribution in [3.63, 3.8) is 0 Å². The molecule has 0 spiro atoms. The molecular weight excluding hydrogens is 204 g/mol. The quantitative estimate of drug-likeness (QED) is 0.775. The molecule has 1 N–H and O–H groups in total. The van der Waals surface area contributed by atoms with Gasteiger partial charge in [-0.15, -0.1) is 0 Å². The second-order valence-electron chi connectivity index (χ2n) is 5.34. The van der Waals surface area contributed by atoms with Gasteiger partial charge in [0.1, 0.15) is 0 Å². The van der Waals surface area contributed by atoms with Crippen molar-refractivity contribution in [3.05, 3.63) is 0 Å². The Morgan fingerprint density at radius 1 is 1.31 bits per heavy atom. The molecule has 0 radical (unpaired) electrons. The van der Waals surface area contributed by atoms with Crippen LogP contribution in [0.2, 0.25) is 0 Å². The fourth-order valence-corrected chi connectivity index (χ4v) is 3.16. The molecule has 16 heavy (non-hydrogen) atoms. The molecule has 4 heteroatoms. The van der Waals surface area contributed by atoms with Gasteiger partial charge in [0.15, 0.2) is 0 Å². The van der Waals surface area contributed by atoms with E-state index in [1.54, 1.807) is 0 Å². The maximum Gasteiger partial charge on any atom is 0.308 e. The summed E-state index contributed by atoms with van der Waals surface area (Å²) in [7, 11) is 4.22. The molecule has 2 rings (SSSR count). The standard InChI is InChI=1S/C12H22N2O2/c1-13(2)9-6-7-14(8-9)11-5-3-4-10(11)12(15)16/h9-11H,3-8H2,1-2H3,(H,15,16). The number of carboxylic acid groups (broad SMARTS) is 1. The maximum atomic E-state index is 11.1. The van der Waals surface area contributed by atoms with Crippen LogP contribution >= 0.6 is 0 Å². The van der Waals surface area contributed by atoms with E-state index in [0.717, 1.165) is 32.4 Å². The molecule has 0 amide bonds. The summed E-state index contributed by atoms with van der Waals surface area (Å²) in [5, 5.41) is 9.18. The minimum Gasteiger partial charge on any atom is -0.481 e. The van der Waals surface area contributed by atoms with Gasteiger partial charge in [0, 0.05) is 25.2 Å². The van der Waals surface area contributed by atoms with Crippen molar-refractivity contribution in [2.45, 2.75) is 37.8 Å². The van der Waals surface area contributed by atoms with Gasteiger partial charge in [-0.25, -0.2) is 0 Å². The predicted molar refractivity (Wildman–Crippen MR) is 62.4 cm³/mol. The average Bonchev–Trinajstić information content (AvgIpc) is 2.86. The first-order valence-corrected chi connectivity index (χ1v) is 6.23. The lowest BCUT2D eigenvalue weighted by molar-refractivity contribution is -0.143. The second-order valence-corrected chi connectivity index (χ2v) is 5.34. The highest BCUT2D eigenvalue weighted by Gasteiger charge is 2.39. The molecule has 1 aliphatic carbocycles. The van der Waals surface area contributed by atoms with E-state index in [9.17, 15) is 9.90 Å². The number of rotatable bonds is 3. The van der Waals surface area contributed by atoms with Crippen LogP contribution in [0, 0.1) is 5.92 Å². The number of carboxylic acids is 1. The molecule has 0 aromatic carbocycles. The molecule has 0 bridgehead atoms. The van der Waals surface area contributed by atoms with Crippen molar-refractivity contribution in [2.75, 3.05) is 27.2 Å². The SMILES string of the molecule is CN(C)C1CCN(C2CCCC2C(=O)O)C1. The fraction of sp³-hybridized carbons (Fsp3) is 0.917. The molecule has 1 aliphatic heterocycles. The lowest BCUT2D eigenvalue weighted by Gasteiger charge is -2.28. The molecule has 2 aliphatic rings. The molecule has 1 saturated carbocycles. The summed E-state index contributed by atoms with van der Waals surface area (Å²) < 4.78 is 0. The highest BCUT2D eigenvalue weighted by Crippen LogP contribution is 2.32. The predicted octanol–water partition coefficient (Wildman–Crippen LogP) is 0.876. The van der Waals surface area contributed by atoms with E-state index in [4.69, 9.17) is 0 Å². The summed E-state index contributed by atoms with van der Waals surface area (Å²) in [4.78, 5) is 15.8. The molecule has 2 fully saturated rings. The Morgan fingerprint density at radius 2 is 2.06 bits per heavy atom. The lowest BCUT2D eigenvalue weighted by atomic mass is 10.0. The van der Waals surface area contributed by atoms with Crippen molar-refractivity contribution >= 4 is 5.97 Å². The van der Waals surface area contributed by atoms with Crippen LogP contribution in [0.1, 0.15) is 25.7 Å². The zero-order chi connectivity index (χ0) is 11.7. The Morgan fingerprint density at radius 3 is 2.62 bits per heavy atom. The molecular formula is C12H22N2O2. The first-order chi connectivity index (χ1) is 7.59. The third-order valence-corrected chi connectivity index (χ3v) is 4.19. The Bertz CT molecular complexity index is 268. The van der Waals surface area contributed by atoms with Gasteiger partial charge in [0.2, 0.25) is 0 Å². The summed E-state index contributed by atoms with van der Waals surface area (Å²) in [6.45, 7) is 2.11. The lowest BCUT2D eigenvalue weighted by Crippen LogP contribution is -2.41. The zero-order valence-corrected chi connectivity index (χ0v) is 10.2. The van der Waals surface area contributed by atoms with E-state index in [0.29, 0.717) is 12.1 Å². The van der Waals surface area contributed by atoms with E-state index in [2.05, 4.69) is 23.9 Å². The van der Waals surface area contributed by atoms with Crippen LogP contribution in [0.15, 0.2) is 0 Å². The molecule has 4 nitrogen and oxygen atoms in total. The van der Waals surface area contributed by atoms with E-state index in [-0.39, 0.29) is 5.92 Å². The number of aliphatic carboxylic acids is 1. The van der Waals surface area contributed by atoms with Gasteiger partial charge >= 0.3 is 5.97 Å². The van der Waals surface area contributed by atoms with Gasteiger partial charge in [-0.05, 0) is 33.4 Å². The van der Waals surface area contributed by atoms with Crippen molar-refractivity contribution in [3.8, 4) is 0 Å². The van der Waals surface area contributed by atoms with E-state index >= 15 is 0 Å². The molecule has 1 heterocycles. The Kier molecular flexibility index (Phi) is 3.50. The normalized spacial score (nSPS) is 36.1. The van der Waals surface area contributed by atoms with Gasteiger partial charge in [0.05, 0.1) is 5.92 Å². The number of likely N-dealkylation sites (tertiary alicyclic amines) is 1. The number of carbonyl (C=O) groups is 1. The van der Waals surface area contributed by atoms with Crippen LogP contribution < -0.4 is 0 Å². The van der Waals surface area contributed by atoms with Crippen molar-refractivity contribution < 1.29 is 9.90 Å². The van der Waals surface area contributed by atoms with Crippen LogP contribution in [0.3, 0.4) is 0 Å². The first kappa shape index (κ1) is 11.9. The molecule has 0 aromatic heterocycles. The largest absolute Gasteiger partial charge is 0.481 e. The Hall–Kier alpha value is -0.610. The summed E-state index contributed by atoms with van der Waals surface area (Å²) in [5.74, 6) is -0.725. The van der Waals surface area contributed by atoms with Gasteiger partial charge in [-0.1, -0.05) is 6.42 Å². The second kappa shape index (κ2) is 4.72. The molecule has 0 aromatic rings. The van der Waals surface area contributed by atoms with E-state index in [1.807, 2.05) is 0 Å². The third-order valence-electron chi connectivity index (χ3n) is 4.19. The van der Waals surface area contributed by atoms with Crippen LogP contribution in [0.5, 0.6) is 0 Å². The first-order valence-electron chi connectivity index (χ1n) is 6.23. The molecule has 3 unspecified atom stereocenters. The third kappa shape index (κ3) is 2.23. The highest BCUT2D eigenvalue weighted by molar-refractivity contribution is 5.71. The van der Waals surface area contributed by atoms with Gasteiger partial charge < -0.3 is 10.0 Å². The highest BCUT2D eigenvalue weighted by atomic mass is 16.4. The summed E-state index contributed by atoms with van der Waals surface area (Å²) >= 11 is 0. The van der Waals surface area contributed by atoms with Gasteiger partial charge in [-0.3, -0.25) is 9.69 Å². The average molecular weight is 226 g/mol. The summed E-state index contributed by atoms with van der Waals surface area (Å²) in [6.07, 6.45) is 4.18. The van der Waals surface area contributed by atoms with Crippen molar-refractivity contribution in [1.29, 1.82) is 0 Å². The van der Waals surface area contributed by atoms with E-state index < -0.39 is 5.97 Å². The molecule has 1 saturated heterocycles. The Balaban J connectivity index is 1.96. The number of hydrogen-bond donors (Lipinski definition) is 1. The fourth-order valence-electron chi connectivity index (χ4n) is 3.16. The van der Waals surface area contributed by atoms with Crippen molar-refractivity contribution in [1.82, 2.24) is 9.80 Å². The van der Waals surface area contributed by atoms with Gasteiger partial charge in [-0.2, -0.15) is 0 Å². The monoisotopic (exact) mass is 226 g/mol. The van der Waals surface area contributed by atoms with Crippen molar-refractivity contribution in [2.24, 2.45) is 5.92 Å². The van der Waals surface area contributed by atoms with Crippen LogP contribution in [0.25, 0.3) is 0 Å².